The molecule has 0 unspecified atom stereocenters. The Balaban J connectivity index is 2.01. The predicted molar refractivity (Wildman–Crippen MR) is 82.0 cm³/mol. The first-order valence-corrected chi connectivity index (χ1v) is 8.40. The molecule has 0 fully saturated rings. The van der Waals surface area contributed by atoms with Crippen molar-refractivity contribution in [3.05, 3.63) is 40.3 Å². The Morgan fingerprint density at radius 1 is 1.35 bits per heavy atom. The molecule has 108 valence electrons. The minimum absolute atomic E-state index is 0.427. The van der Waals surface area contributed by atoms with Crippen molar-refractivity contribution in [1.82, 2.24) is 4.98 Å². The highest BCUT2D eigenvalue weighted by Crippen LogP contribution is 2.18. The minimum Gasteiger partial charge on any atom is -0.380 e. The van der Waals surface area contributed by atoms with Crippen molar-refractivity contribution < 1.29 is 8.42 Å². The van der Waals surface area contributed by atoms with E-state index in [-0.39, 0.29) is 0 Å². The van der Waals surface area contributed by atoms with Crippen molar-refractivity contribution in [3.63, 3.8) is 0 Å². The summed E-state index contributed by atoms with van der Waals surface area (Å²) >= 11 is 1.66. The van der Waals surface area contributed by atoms with Crippen LogP contribution >= 0.6 is 11.3 Å². The molecule has 2 aromatic rings. The van der Waals surface area contributed by atoms with E-state index < -0.39 is 10.2 Å². The Labute approximate surface area is 122 Å². The summed E-state index contributed by atoms with van der Waals surface area (Å²) in [4.78, 5) is 5.41. The number of aromatic nitrogens is 1. The van der Waals surface area contributed by atoms with Crippen LogP contribution in [0.15, 0.2) is 30.5 Å². The van der Waals surface area contributed by atoms with Gasteiger partial charge in [0, 0.05) is 16.8 Å². The number of nitrogens with one attached hydrogen (secondary N) is 2. The quantitative estimate of drug-likeness (QED) is 0.759. The first-order valence-electron chi connectivity index (χ1n) is 6.04. The monoisotopic (exact) mass is 312 g/mol. The molecule has 1 aromatic carbocycles. The minimum atomic E-state index is -3.75. The van der Waals surface area contributed by atoms with Crippen LogP contribution in [0.3, 0.4) is 0 Å². The van der Waals surface area contributed by atoms with Crippen LogP contribution in [0.4, 0.5) is 11.4 Å². The van der Waals surface area contributed by atoms with Gasteiger partial charge in [0.25, 0.3) is 10.2 Å². The molecule has 6 nitrogen and oxygen atoms in total. The van der Waals surface area contributed by atoms with Crippen LogP contribution in [0.1, 0.15) is 16.8 Å². The number of thiazole rings is 1. The molecule has 0 amide bonds. The van der Waals surface area contributed by atoms with E-state index >= 15 is 0 Å². The van der Waals surface area contributed by atoms with Gasteiger partial charge >= 0.3 is 0 Å². The largest absolute Gasteiger partial charge is 0.380 e. The number of hydrogen-bond donors (Lipinski definition) is 3. The van der Waals surface area contributed by atoms with Gasteiger partial charge < -0.3 is 5.32 Å². The average Bonchev–Trinajstić information content (AvgIpc) is 2.83. The summed E-state index contributed by atoms with van der Waals surface area (Å²) in [6, 6.07) is 6.93. The van der Waals surface area contributed by atoms with Crippen molar-refractivity contribution in [2.24, 2.45) is 5.14 Å². The zero-order valence-electron chi connectivity index (χ0n) is 11.0. The smallest absolute Gasteiger partial charge is 0.296 e. The number of aryl methyl sites for hydroxylation is 1. The molecule has 0 radical (unpaired) electrons. The fourth-order valence-electron chi connectivity index (χ4n) is 1.64. The van der Waals surface area contributed by atoms with Gasteiger partial charge in [-0.15, -0.1) is 11.3 Å². The molecule has 1 heterocycles. The van der Waals surface area contributed by atoms with Crippen molar-refractivity contribution >= 4 is 32.9 Å². The highest BCUT2D eigenvalue weighted by molar-refractivity contribution is 7.90. The molecule has 0 aliphatic rings. The molecule has 0 saturated carbocycles. The average molecular weight is 312 g/mol. The first-order chi connectivity index (χ1) is 9.46. The molecule has 0 aliphatic heterocycles. The van der Waals surface area contributed by atoms with Crippen LogP contribution in [-0.4, -0.2) is 13.4 Å². The summed E-state index contributed by atoms with van der Waals surface area (Å²) in [5.74, 6) is 0. The maximum Gasteiger partial charge on any atom is 0.296 e. The normalized spacial score (nSPS) is 11.3. The maximum absolute atomic E-state index is 11.0. The third-order valence-electron chi connectivity index (χ3n) is 2.49. The molecule has 0 atom stereocenters. The molecule has 0 bridgehead atoms. The highest BCUT2D eigenvalue weighted by atomic mass is 32.2. The summed E-state index contributed by atoms with van der Waals surface area (Å²) in [6.07, 6.45) is 2.78. The lowest BCUT2D eigenvalue weighted by Crippen LogP contribution is -2.21. The first kappa shape index (κ1) is 14.8. The van der Waals surface area contributed by atoms with Crippen LogP contribution in [-0.2, 0) is 23.2 Å². The Bertz CT molecular complexity index is 682. The fraction of sp³-hybridized carbons (Fsp3) is 0.250. The molecule has 8 heteroatoms. The second kappa shape index (κ2) is 6.21. The van der Waals surface area contributed by atoms with Gasteiger partial charge in [-0.3, -0.25) is 4.72 Å². The summed E-state index contributed by atoms with van der Waals surface area (Å²) in [5, 5.41) is 9.26. The summed E-state index contributed by atoms with van der Waals surface area (Å²) in [7, 11) is -3.75. The molecule has 2 rings (SSSR count). The van der Waals surface area contributed by atoms with Gasteiger partial charge in [-0.05, 0) is 24.6 Å². The van der Waals surface area contributed by atoms with E-state index in [9.17, 15) is 8.42 Å². The van der Waals surface area contributed by atoms with Crippen molar-refractivity contribution in [1.29, 1.82) is 0 Å². The van der Waals surface area contributed by atoms with Gasteiger partial charge in [0.05, 0.1) is 17.2 Å². The van der Waals surface area contributed by atoms with Gasteiger partial charge in [-0.1, -0.05) is 13.0 Å². The molecular formula is C12H16N4O2S2. The van der Waals surface area contributed by atoms with E-state index in [0.717, 1.165) is 22.0 Å². The van der Waals surface area contributed by atoms with Crippen molar-refractivity contribution in [2.75, 3.05) is 10.0 Å². The van der Waals surface area contributed by atoms with Gasteiger partial charge in [-0.25, -0.2) is 10.1 Å². The second-order valence-electron chi connectivity index (χ2n) is 4.16. The van der Waals surface area contributed by atoms with E-state index in [1.807, 2.05) is 12.3 Å². The van der Waals surface area contributed by atoms with Crippen LogP contribution in [0, 0.1) is 0 Å². The Hall–Kier alpha value is -1.64. The lowest BCUT2D eigenvalue weighted by Gasteiger charge is -2.08. The van der Waals surface area contributed by atoms with Crippen LogP contribution < -0.4 is 15.2 Å². The molecular weight excluding hydrogens is 296 g/mol. The van der Waals surface area contributed by atoms with Crippen molar-refractivity contribution in [2.45, 2.75) is 19.9 Å². The summed E-state index contributed by atoms with van der Waals surface area (Å²) < 4.78 is 24.2. The Morgan fingerprint density at radius 3 is 2.75 bits per heavy atom. The van der Waals surface area contributed by atoms with Gasteiger partial charge in [0.1, 0.15) is 0 Å². The van der Waals surface area contributed by atoms with E-state index in [0.29, 0.717) is 12.2 Å². The van der Waals surface area contributed by atoms with E-state index in [4.69, 9.17) is 5.14 Å². The van der Waals surface area contributed by atoms with E-state index in [1.165, 1.54) is 0 Å². The third-order valence-corrected chi connectivity index (χ3v) is 4.16. The number of hydrogen-bond acceptors (Lipinski definition) is 5. The maximum atomic E-state index is 11.0. The molecule has 20 heavy (non-hydrogen) atoms. The topological polar surface area (TPSA) is 97.1 Å². The lowest BCUT2D eigenvalue weighted by atomic mass is 10.3. The molecule has 1 aromatic heterocycles. The molecule has 4 N–H and O–H groups in total. The standard InChI is InChI=1S/C12H16N4O2S2/c1-2-12-15-8-11(19-12)7-14-9-4-3-5-10(6-9)16-20(13,17)18/h3-6,8,14,16H,2,7H2,1H3,(H2,13,17,18). The van der Waals surface area contributed by atoms with E-state index in [2.05, 4.69) is 21.9 Å². The van der Waals surface area contributed by atoms with Crippen LogP contribution in [0.5, 0.6) is 0 Å². The number of nitrogens with two attached hydrogens (primary N) is 1. The SMILES string of the molecule is CCc1ncc(CNc2cccc(NS(N)(=O)=O)c2)s1. The number of benzene rings is 1. The second-order valence-corrected chi connectivity index (χ2v) is 6.65. The highest BCUT2D eigenvalue weighted by Gasteiger charge is 2.04. The Kier molecular flexibility index (Phi) is 4.58. The molecule has 0 spiro atoms. The van der Waals surface area contributed by atoms with Gasteiger partial charge in [0.15, 0.2) is 0 Å². The zero-order chi connectivity index (χ0) is 14.6. The van der Waals surface area contributed by atoms with Crippen LogP contribution in [0.2, 0.25) is 0 Å². The van der Waals surface area contributed by atoms with Crippen LogP contribution in [0.25, 0.3) is 0 Å². The Morgan fingerprint density at radius 2 is 2.10 bits per heavy atom. The molecule has 0 saturated heterocycles. The predicted octanol–water partition coefficient (Wildman–Crippen LogP) is 1.93. The summed E-state index contributed by atoms with van der Waals surface area (Å²) in [5.41, 5.74) is 1.24. The third kappa shape index (κ3) is 4.48. The summed E-state index contributed by atoms with van der Waals surface area (Å²) in [6.45, 7) is 2.72. The number of nitrogens with zero attached hydrogens (tertiary/aromatic N) is 1. The van der Waals surface area contributed by atoms with Gasteiger partial charge in [-0.2, -0.15) is 8.42 Å². The number of rotatable bonds is 6. The fourth-order valence-corrected chi connectivity index (χ4v) is 2.90. The lowest BCUT2D eigenvalue weighted by molar-refractivity contribution is 0.603. The van der Waals surface area contributed by atoms with Crippen molar-refractivity contribution in [3.8, 4) is 0 Å². The number of anilines is 2. The zero-order valence-corrected chi connectivity index (χ0v) is 12.6. The van der Waals surface area contributed by atoms with Gasteiger partial charge in [0.2, 0.25) is 0 Å². The van der Waals surface area contributed by atoms with E-state index in [1.54, 1.807) is 29.5 Å². The molecule has 0 aliphatic carbocycles.